The predicted molar refractivity (Wildman–Crippen MR) is 77.7 cm³/mol. The van der Waals surface area contributed by atoms with Crippen molar-refractivity contribution in [1.29, 1.82) is 0 Å². The molecule has 0 unspecified atom stereocenters. The quantitative estimate of drug-likeness (QED) is 0.592. The first kappa shape index (κ1) is 15.4. The molecule has 112 valence electrons. The Morgan fingerprint density at radius 3 is 2.81 bits per heavy atom. The molecule has 1 aromatic heterocycles. The second-order valence-electron chi connectivity index (χ2n) is 4.41. The normalized spacial score (nSPS) is 10.5. The number of thioether (sulfide) groups is 1. The highest BCUT2D eigenvalue weighted by atomic mass is 32.2. The van der Waals surface area contributed by atoms with Crippen molar-refractivity contribution in [3.63, 3.8) is 0 Å². The van der Waals surface area contributed by atoms with E-state index in [1.165, 1.54) is 5.56 Å². The van der Waals surface area contributed by atoms with Gasteiger partial charge < -0.3 is 14.3 Å². The highest BCUT2D eigenvalue weighted by Crippen LogP contribution is 2.16. The summed E-state index contributed by atoms with van der Waals surface area (Å²) in [6.07, 6.45) is 1.35. The van der Waals surface area contributed by atoms with Gasteiger partial charge in [0.25, 0.3) is 5.22 Å². The van der Waals surface area contributed by atoms with E-state index in [1.54, 1.807) is 0 Å². The molecule has 0 spiro atoms. The Morgan fingerprint density at radius 1 is 1.33 bits per heavy atom. The molecule has 7 heteroatoms. The smallest absolute Gasteiger partial charge is 0.314 e. The van der Waals surface area contributed by atoms with E-state index in [9.17, 15) is 4.79 Å². The van der Waals surface area contributed by atoms with Gasteiger partial charge in [-0.05, 0) is 25.5 Å². The lowest BCUT2D eigenvalue weighted by Crippen LogP contribution is -1.99. The van der Waals surface area contributed by atoms with E-state index < -0.39 is 5.97 Å². The zero-order chi connectivity index (χ0) is 15.1. The first-order chi connectivity index (χ1) is 10.1. The first-order valence-corrected chi connectivity index (χ1v) is 7.48. The van der Waals surface area contributed by atoms with Crippen LogP contribution in [0.15, 0.2) is 33.9 Å². The third-order valence-corrected chi connectivity index (χ3v) is 3.40. The minimum atomic E-state index is -0.911. The van der Waals surface area contributed by atoms with E-state index in [2.05, 4.69) is 10.2 Å². The van der Waals surface area contributed by atoms with E-state index in [0.717, 1.165) is 23.9 Å². The number of hydrogen-bond donors (Lipinski definition) is 1. The molecule has 1 N–H and O–H groups in total. The van der Waals surface area contributed by atoms with Crippen molar-refractivity contribution < 1.29 is 19.1 Å². The standard InChI is InChI=1S/C14H16N2O4S/c1-10-4-6-11(7-5-10)19-8-2-3-12-15-16-14(20-12)21-9-13(17)18/h4-7H,2-3,8-9H2,1H3,(H,17,18). The summed E-state index contributed by atoms with van der Waals surface area (Å²) < 4.78 is 10.9. The first-order valence-electron chi connectivity index (χ1n) is 6.50. The van der Waals surface area contributed by atoms with Crippen LogP contribution in [0.1, 0.15) is 17.9 Å². The summed E-state index contributed by atoms with van der Waals surface area (Å²) in [5.41, 5.74) is 1.19. The van der Waals surface area contributed by atoms with Crippen LogP contribution >= 0.6 is 11.8 Å². The van der Waals surface area contributed by atoms with Gasteiger partial charge in [-0.2, -0.15) is 0 Å². The number of hydrogen-bond acceptors (Lipinski definition) is 6. The molecule has 0 atom stereocenters. The van der Waals surface area contributed by atoms with Crippen molar-refractivity contribution in [1.82, 2.24) is 10.2 Å². The van der Waals surface area contributed by atoms with Crippen LogP contribution in [-0.4, -0.2) is 33.6 Å². The Labute approximate surface area is 126 Å². The maximum Gasteiger partial charge on any atom is 0.314 e. The van der Waals surface area contributed by atoms with Crippen LogP contribution in [0.3, 0.4) is 0 Å². The number of nitrogens with zero attached hydrogens (tertiary/aromatic N) is 2. The number of carbonyl (C=O) groups is 1. The molecule has 2 aromatic rings. The van der Waals surface area contributed by atoms with Crippen molar-refractivity contribution in [2.75, 3.05) is 12.4 Å². The van der Waals surface area contributed by atoms with Crippen molar-refractivity contribution in [3.8, 4) is 5.75 Å². The topological polar surface area (TPSA) is 85.5 Å². The molecular formula is C14H16N2O4S. The molecule has 0 saturated carbocycles. The highest BCUT2D eigenvalue weighted by molar-refractivity contribution is 7.99. The fraction of sp³-hybridized carbons (Fsp3) is 0.357. The van der Waals surface area contributed by atoms with Gasteiger partial charge in [-0.3, -0.25) is 4.79 Å². The van der Waals surface area contributed by atoms with E-state index in [4.69, 9.17) is 14.3 Å². The molecule has 0 aliphatic carbocycles. The molecule has 0 aliphatic heterocycles. The Bertz CT molecular complexity index is 583. The summed E-state index contributed by atoms with van der Waals surface area (Å²) >= 11 is 1.02. The average molecular weight is 308 g/mol. The molecule has 0 aliphatic rings. The van der Waals surface area contributed by atoms with Crippen LogP contribution in [0.25, 0.3) is 0 Å². The fourth-order valence-corrected chi connectivity index (χ4v) is 2.07. The van der Waals surface area contributed by atoms with Crippen molar-refractivity contribution >= 4 is 17.7 Å². The van der Waals surface area contributed by atoms with Crippen molar-refractivity contribution in [2.45, 2.75) is 25.0 Å². The van der Waals surface area contributed by atoms with E-state index in [0.29, 0.717) is 18.9 Å². The van der Waals surface area contributed by atoms with Gasteiger partial charge in [0, 0.05) is 6.42 Å². The van der Waals surface area contributed by atoms with Gasteiger partial charge in [-0.1, -0.05) is 29.5 Å². The number of ether oxygens (including phenoxy) is 1. The van der Waals surface area contributed by atoms with Crippen molar-refractivity contribution in [2.24, 2.45) is 0 Å². The molecule has 0 amide bonds. The Hall–Kier alpha value is -2.02. The zero-order valence-electron chi connectivity index (χ0n) is 11.6. The molecule has 6 nitrogen and oxygen atoms in total. The minimum absolute atomic E-state index is 0.0852. The maximum atomic E-state index is 10.4. The Balaban J connectivity index is 1.68. The fourth-order valence-electron chi connectivity index (χ4n) is 1.57. The monoisotopic (exact) mass is 308 g/mol. The molecule has 0 fully saturated rings. The van der Waals surface area contributed by atoms with Crippen LogP contribution in [0.5, 0.6) is 5.75 Å². The third-order valence-electron chi connectivity index (χ3n) is 2.59. The molecule has 0 saturated heterocycles. The van der Waals surface area contributed by atoms with Gasteiger partial charge in [0.15, 0.2) is 0 Å². The molecule has 21 heavy (non-hydrogen) atoms. The molecule has 0 radical (unpaired) electrons. The number of benzene rings is 1. The zero-order valence-corrected chi connectivity index (χ0v) is 12.4. The average Bonchev–Trinajstić information content (AvgIpc) is 2.91. The second-order valence-corrected chi connectivity index (χ2v) is 5.34. The summed E-state index contributed by atoms with van der Waals surface area (Å²) in [6, 6.07) is 7.87. The SMILES string of the molecule is Cc1ccc(OCCCc2nnc(SCC(=O)O)o2)cc1. The van der Waals surface area contributed by atoms with Gasteiger partial charge in [0.1, 0.15) is 11.5 Å². The van der Waals surface area contributed by atoms with Crippen LogP contribution in [0.4, 0.5) is 0 Å². The Kier molecular flexibility index (Phi) is 5.62. The van der Waals surface area contributed by atoms with E-state index in [-0.39, 0.29) is 11.0 Å². The van der Waals surface area contributed by atoms with Crippen LogP contribution in [0.2, 0.25) is 0 Å². The minimum Gasteiger partial charge on any atom is -0.494 e. The predicted octanol–water partition coefficient (Wildman–Crippen LogP) is 2.57. The van der Waals surface area contributed by atoms with Crippen LogP contribution < -0.4 is 4.74 Å². The lowest BCUT2D eigenvalue weighted by atomic mass is 10.2. The number of carboxylic acid groups (broad SMARTS) is 1. The lowest BCUT2D eigenvalue weighted by Gasteiger charge is -2.04. The number of aromatic nitrogens is 2. The van der Waals surface area contributed by atoms with Crippen LogP contribution in [0, 0.1) is 6.92 Å². The number of aliphatic carboxylic acids is 1. The largest absolute Gasteiger partial charge is 0.494 e. The number of aryl methyl sites for hydroxylation is 2. The van der Waals surface area contributed by atoms with Gasteiger partial charge in [0.2, 0.25) is 5.89 Å². The number of rotatable bonds is 8. The second kappa shape index (κ2) is 7.68. The Morgan fingerprint density at radius 2 is 2.10 bits per heavy atom. The molecule has 1 heterocycles. The molecule has 0 bridgehead atoms. The van der Waals surface area contributed by atoms with Gasteiger partial charge in [0.05, 0.1) is 6.61 Å². The van der Waals surface area contributed by atoms with E-state index in [1.807, 2.05) is 31.2 Å². The summed E-state index contributed by atoms with van der Waals surface area (Å²) in [5.74, 6) is 0.337. The number of carboxylic acids is 1. The molecule has 1 aromatic carbocycles. The highest BCUT2D eigenvalue weighted by Gasteiger charge is 2.08. The lowest BCUT2D eigenvalue weighted by molar-refractivity contribution is -0.133. The molecular weight excluding hydrogens is 292 g/mol. The summed E-state index contributed by atoms with van der Waals surface area (Å²) in [5, 5.41) is 16.5. The maximum absolute atomic E-state index is 10.4. The van der Waals surface area contributed by atoms with Crippen molar-refractivity contribution in [3.05, 3.63) is 35.7 Å². The summed E-state index contributed by atoms with van der Waals surface area (Å²) in [4.78, 5) is 10.4. The van der Waals surface area contributed by atoms with Crippen LogP contribution in [-0.2, 0) is 11.2 Å². The molecule has 2 rings (SSSR count). The van der Waals surface area contributed by atoms with E-state index >= 15 is 0 Å². The summed E-state index contributed by atoms with van der Waals surface area (Å²) in [7, 11) is 0. The third kappa shape index (κ3) is 5.47. The van der Waals surface area contributed by atoms with Gasteiger partial charge >= 0.3 is 5.97 Å². The van der Waals surface area contributed by atoms with Gasteiger partial charge in [-0.25, -0.2) is 0 Å². The summed E-state index contributed by atoms with van der Waals surface area (Å²) in [6.45, 7) is 2.59. The van der Waals surface area contributed by atoms with Gasteiger partial charge in [-0.15, -0.1) is 10.2 Å².